The molecule has 4 N–H and O–H groups in total. The molecule has 9 nitrogen and oxygen atoms in total. The Labute approximate surface area is 204 Å². The predicted octanol–water partition coefficient (Wildman–Crippen LogP) is 3.51. The summed E-state index contributed by atoms with van der Waals surface area (Å²) in [6.07, 6.45) is 5.34. The number of fused-ring (bicyclic) bond motifs is 1. The highest BCUT2D eigenvalue weighted by Gasteiger charge is 2.24. The highest BCUT2D eigenvalue weighted by atomic mass is 16.5. The molecule has 180 valence electrons. The molecule has 35 heavy (non-hydrogen) atoms. The fraction of sp³-hybridized carbons (Fsp3) is 0.231. The van der Waals surface area contributed by atoms with Gasteiger partial charge in [0, 0.05) is 29.3 Å². The molecule has 0 fully saturated rings. The number of nitrogens with two attached hydrogens (primary N) is 2. The van der Waals surface area contributed by atoms with E-state index in [-0.39, 0.29) is 17.9 Å². The van der Waals surface area contributed by atoms with Crippen molar-refractivity contribution in [3.05, 3.63) is 76.0 Å². The Morgan fingerprint density at radius 3 is 2.63 bits per heavy atom. The number of aryl methyl sites for hydroxylation is 1. The van der Waals surface area contributed by atoms with Crippen molar-refractivity contribution in [3.63, 3.8) is 0 Å². The molecular formula is C26H28N6O3. The summed E-state index contributed by atoms with van der Waals surface area (Å²) >= 11 is 0. The molecular weight excluding hydrogens is 444 g/mol. The second-order valence-corrected chi connectivity index (χ2v) is 8.19. The fourth-order valence-electron chi connectivity index (χ4n) is 4.19. The Bertz CT molecular complexity index is 1310. The molecule has 0 aliphatic carbocycles. The van der Waals surface area contributed by atoms with Gasteiger partial charge in [-0.25, -0.2) is 9.99 Å². The van der Waals surface area contributed by atoms with Crippen LogP contribution in [0.3, 0.4) is 0 Å². The molecule has 0 spiro atoms. The van der Waals surface area contributed by atoms with E-state index in [1.54, 1.807) is 26.5 Å². The maximum atomic E-state index is 13.1. The van der Waals surface area contributed by atoms with E-state index >= 15 is 0 Å². The van der Waals surface area contributed by atoms with Gasteiger partial charge < -0.3 is 20.9 Å². The molecule has 9 heteroatoms. The second kappa shape index (κ2) is 9.84. The second-order valence-electron chi connectivity index (χ2n) is 8.19. The molecule has 4 rings (SSSR count). The van der Waals surface area contributed by atoms with E-state index in [0.29, 0.717) is 35.0 Å². The molecule has 1 aliphatic heterocycles. The number of aromatic nitrogens is 2. The van der Waals surface area contributed by atoms with E-state index in [1.165, 1.54) is 11.1 Å². The van der Waals surface area contributed by atoms with Crippen molar-refractivity contribution in [2.75, 3.05) is 25.7 Å². The molecule has 3 aromatic rings. The predicted molar refractivity (Wildman–Crippen MR) is 136 cm³/mol. The smallest absolute Gasteiger partial charge is 0.267 e. The molecule has 1 unspecified atom stereocenters. The van der Waals surface area contributed by atoms with Crippen LogP contribution in [0.2, 0.25) is 0 Å². The molecule has 0 bridgehead atoms. The third-order valence-electron chi connectivity index (χ3n) is 5.98. The van der Waals surface area contributed by atoms with Crippen LogP contribution in [0.4, 0.5) is 11.8 Å². The van der Waals surface area contributed by atoms with Gasteiger partial charge in [-0.05, 0) is 48.7 Å². The molecule has 0 radical (unpaired) electrons. The maximum absolute atomic E-state index is 13.1. The zero-order valence-corrected chi connectivity index (χ0v) is 20.1. The summed E-state index contributed by atoms with van der Waals surface area (Å²) in [7, 11) is 3.12. The zero-order valence-electron chi connectivity index (χ0n) is 20.1. The largest absolute Gasteiger partial charge is 0.493 e. The van der Waals surface area contributed by atoms with Crippen LogP contribution in [0.5, 0.6) is 11.5 Å². The molecule has 1 amide bonds. The fourth-order valence-corrected chi connectivity index (χ4v) is 4.19. The first kappa shape index (κ1) is 23.7. The number of hydrogen-bond acceptors (Lipinski definition) is 8. The number of carbonyl (C=O) groups is 1. The number of nitrogens with zero attached hydrogens (tertiary/aromatic N) is 4. The third-order valence-corrected chi connectivity index (χ3v) is 5.98. The maximum Gasteiger partial charge on any atom is 0.267 e. The molecule has 2 heterocycles. The van der Waals surface area contributed by atoms with E-state index in [9.17, 15) is 4.79 Å². The first-order valence-electron chi connectivity index (χ1n) is 11.1. The normalized spacial score (nSPS) is 14.7. The summed E-state index contributed by atoms with van der Waals surface area (Å²) < 4.78 is 11.1. The Kier molecular flexibility index (Phi) is 6.68. The van der Waals surface area contributed by atoms with E-state index in [1.807, 2.05) is 50.2 Å². The number of nitrogen functional groups attached to an aromatic ring is 2. The molecule has 0 saturated carbocycles. The van der Waals surface area contributed by atoms with Gasteiger partial charge in [-0.2, -0.15) is 10.1 Å². The van der Waals surface area contributed by atoms with Crippen molar-refractivity contribution in [2.45, 2.75) is 26.3 Å². The Hall–Kier alpha value is -4.40. The highest BCUT2D eigenvalue weighted by Crippen LogP contribution is 2.35. The number of hydrogen-bond donors (Lipinski definition) is 2. The van der Waals surface area contributed by atoms with Gasteiger partial charge in [0.2, 0.25) is 5.95 Å². The van der Waals surface area contributed by atoms with Gasteiger partial charge in [-0.15, -0.1) is 0 Å². The first-order chi connectivity index (χ1) is 16.8. The summed E-state index contributed by atoms with van der Waals surface area (Å²) in [6, 6.07) is 11.5. The zero-order chi connectivity index (χ0) is 25.1. The van der Waals surface area contributed by atoms with Crippen LogP contribution in [0, 0.1) is 6.92 Å². The topological polar surface area (TPSA) is 129 Å². The van der Waals surface area contributed by atoms with Gasteiger partial charge in [-0.1, -0.05) is 24.3 Å². The average molecular weight is 473 g/mol. The third kappa shape index (κ3) is 4.79. The number of amides is 1. The number of anilines is 2. The van der Waals surface area contributed by atoms with Crippen LogP contribution in [-0.4, -0.2) is 41.3 Å². The van der Waals surface area contributed by atoms with Crippen molar-refractivity contribution in [1.82, 2.24) is 15.0 Å². The van der Waals surface area contributed by atoms with E-state index in [0.717, 1.165) is 22.3 Å². The molecule has 1 aliphatic rings. The standard InChI is InChI=1S/C26H28N6O3/c1-15-21(25(27)31-26(28)30-15)12-17-11-18(24(35-4)22(13-17)34-3)9-10-23(33)32-16(2)20-8-6-5-7-19(20)14-29-32/h5-11,13-14,16H,12H2,1-4H3,(H4,27,28,30,31)/b10-9+. The Morgan fingerprint density at radius 2 is 1.91 bits per heavy atom. The van der Waals surface area contributed by atoms with Gasteiger partial charge >= 0.3 is 0 Å². The number of carbonyl (C=O) groups excluding carboxylic acids is 1. The lowest BCUT2D eigenvalue weighted by atomic mass is 9.99. The molecule has 2 aromatic carbocycles. The van der Waals surface area contributed by atoms with Crippen LogP contribution < -0.4 is 20.9 Å². The Morgan fingerprint density at radius 1 is 1.14 bits per heavy atom. The Balaban J connectivity index is 1.65. The van der Waals surface area contributed by atoms with Crippen molar-refractivity contribution < 1.29 is 14.3 Å². The van der Waals surface area contributed by atoms with Gasteiger partial charge in [0.15, 0.2) is 11.5 Å². The van der Waals surface area contributed by atoms with Gasteiger partial charge in [-0.3, -0.25) is 4.79 Å². The van der Waals surface area contributed by atoms with Crippen LogP contribution in [0.25, 0.3) is 6.08 Å². The lowest BCUT2D eigenvalue weighted by Crippen LogP contribution is -2.30. The highest BCUT2D eigenvalue weighted by molar-refractivity contribution is 5.95. The monoisotopic (exact) mass is 472 g/mol. The molecule has 1 atom stereocenters. The van der Waals surface area contributed by atoms with Gasteiger partial charge in [0.25, 0.3) is 5.91 Å². The van der Waals surface area contributed by atoms with E-state index < -0.39 is 0 Å². The summed E-state index contributed by atoms with van der Waals surface area (Å²) in [5, 5.41) is 5.81. The van der Waals surface area contributed by atoms with Crippen molar-refractivity contribution in [1.29, 1.82) is 0 Å². The number of ether oxygens (including phenoxy) is 2. The number of rotatable bonds is 6. The van der Waals surface area contributed by atoms with Gasteiger partial charge in [0.1, 0.15) is 5.82 Å². The lowest BCUT2D eigenvalue weighted by molar-refractivity contribution is -0.128. The SMILES string of the molecule is COc1cc(Cc2c(C)nc(N)nc2N)cc(/C=C/C(=O)N2N=Cc3ccccc3C2C)c1OC. The summed E-state index contributed by atoms with van der Waals surface area (Å²) in [5.41, 5.74) is 16.9. The number of hydrazone groups is 1. The van der Waals surface area contributed by atoms with E-state index in [4.69, 9.17) is 20.9 Å². The first-order valence-corrected chi connectivity index (χ1v) is 11.1. The minimum absolute atomic E-state index is 0.135. The van der Waals surface area contributed by atoms with Crippen LogP contribution in [-0.2, 0) is 11.2 Å². The number of benzene rings is 2. The number of methoxy groups -OCH3 is 2. The summed E-state index contributed by atoms with van der Waals surface area (Å²) in [5.74, 6) is 1.26. The van der Waals surface area contributed by atoms with E-state index in [2.05, 4.69) is 15.1 Å². The van der Waals surface area contributed by atoms with Crippen molar-refractivity contribution in [2.24, 2.45) is 5.10 Å². The summed E-state index contributed by atoms with van der Waals surface area (Å²) in [4.78, 5) is 21.3. The molecule has 1 aromatic heterocycles. The summed E-state index contributed by atoms with van der Waals surface area (Å²) in [6.45, 7) is 3.79. The minimum Gasteiger partial charge on any atom is -0.493 e. The van der Waals surface area contributed by atoms with Crippen molar-refractivity contribution >= 4 is 30.0 Å². The van der Waals surface area contributed by atoms with Crippen molar-refractivity contribution in [3.8, 4) is 11.5 Å². The average Bonchev–Trinajstić information content (AvgIpc) is 2.84. The van der Waals surface area contributed by atoms with Crippen LogP contribution >= 0.6 is 0 Å². The quantitative estimate of drug-likeness (QED) is 0.525. The van der Waals surface area contributed by atoms with Gasteiger partial charge in [0.05, 0.1) is 26.5 Å². The van der Waals surface area contributed by atoms with Crippen LogP contribution in [0.15, 0.2) is 47.6 Å². The molecule has 0 saturated heterocycles. The van der Waals surface area contributed by atoms with Crippen LogP contribution in [0.1, 0.15) is 46.5 Å². The lowest BCUT2D eigenvalue weighted by Gasteiger charge is -2.28. The minimum atomic E-state index is -0.248.